The summed E-state index contributed by atoms with van der Waals surface area (Å²) in [4.78, 5) is 14.8. The molecular weight excluding hydrogens is 394 g/mol. The van der Waals surface area contributed by atoms with Crippen LogP contribution in [0.1, 0.15) is 37.7 Å². The number of carbonyl (C=O) groups excluding carboxylic acids is 1. The van der Waals surface area contributed by atoms with Crippen LogP contribution in [0.25, 0.3) is 11.1 Å². The van der Waals surface area contributed by atoms with Crippen LogP contribution in [-0.4, -0.2) is 19.1 Å². The third-order valence-electron chi connectivity index (χ3n) is 6.72. The van der Waals surface area contributed by atoms with Gasteiger partial charge in [0.25, 0.3) is 0 Å². The quantitative estimate of drug-likeness (QED) is 0.479. The number of para-hydroxylation sites is 1. The number of urea groups is 1. The molecule has 0 aromatic heterocycles. The van der Waals surface area contributed by atoms with E-state index < -0.39 is 0 Å². The summed E-state index contributed by atoms with van der Waals surface area (Å²) >= 11 is 0. The largest absolute Gasteiger partial charge is 0.382 e. The molecule has 1 heterocycles. The minimum Gasteiger partial charge on any atom is -0.382 e. The summed E-state index contributed by atoms with van der Waals surface area (Å²) in [5.74, 6) is 1.39. The van der Waals surface area contributed by atoms with Crippen LogP contribution in [0.15, 0.2) is 72.8 Å². The fraction of sp³-hybridized carbons (Fsp3) is 0.286. The molecule has 0 spiro atoms. The van der Waals surface area contributed by atoms with Gasteiger partial charge in [-0.15, -0.1) is 0 Å². The topological polar surface area (TPSA) is 44.4 Å². The van der Waals surface area contributed by atoms with E-state index in [0.717, 1.165) is 35.1 Å². The molecule has 1 radical (unpaired) electrons. The van der Waals surface area contributed by atoms with Gasteiger partial charge in [-0.1, -0.05) is 55.5 Å². The van der Waals surface area contributed by atoms with Crippen LogP contribution in [0.4, 0.5) is 21.9 Å². The first-order valence-corrected chi connectivity index (χ1v) is 11.6. The molecule has 1 aliphatic heterocycles. The zero-order valence-corrected chi connectivity index (χ0v) is 18.6. The van der Waals surface area contributed by atoms with Gasteiger partial charge in [0.15, 0.2) is 0 Å². The predicted molar refractivity (Wildman–Crippen MR) is 133 cm³/mol. The van der Waals surface area contributed by atoms with Gasteiger partial charge in [-0.05, 0) is 78.5 Å². The second kappa shape index (κ2) is 9.07. The first-order chi connectivity index (χ1) is 15.7. The molecule has 5 rings (SSSR count). The van der Waals surface area contributed by atoms with Crippen molar-refractivity contribution in [1.29, 1.82) is 0 Å². The Balaban J connectivity index is 1.36. The Kier molecular flexibility index (Phi) is 5.85. The first-order valence-electron chi connectivity index (χ1n) is 11.6. The minimum atomic E-state index is -0.103. The van der Waals surface area contributed by atoms with Crippen molar-refractivity contribution < 1.29 is 4.79 Å². The van der Waals surface area contributed by atoms with Crippen molar-refractivity contribution in [2.75, 3.05) is 28.6 Å². The summed E-state index contributed by atoms with van der Waals surface area (Å²) in [6, 6.07) is 24.8. The lowest BCUT2D eigenvalue weighted by Gasteiger charge is -2.31. The van der Waals surface area contributed by atoms with Crippen molar-refractivity contribution in [3.05, 3.63) is 84.8 Å². The second-order valence-electron chi connectivity index (χ2n) is 8.95. The van der Waals surface area contributed by atoms with E-state index in [-0.39, 0.29) is 6.03 Å². The molecule has 1 aliphatic carbocycles. The SMILES string of the molecule is CC1[CH]CC(c2ccc(-c3ccc4c(c3)N(C(=O)Nc3ccccc3)CCN4)cc2)CC1. The van der Waals surface area contributed by atoms with Crippen molar-refractivity contribution in [2.24, 2.45) is 5.92 Å². The van der Waals surface area contributed by atoms with Gasteiger partial charge in [0.1, 0.15) is 0 Å². The number of anilines is 3. The molecule has 163 valence electrons. The van der Waals surface area contributed by atoms with E-state index in [1.165, 1.54) is 30.4 Å². The number of nitrogens with one attached hydrogen (secondary N) is 2. The molecule has 2 N–H and O–H groups in total. The number of nitrogens with zero attached hydrogens (tertiary/aromatic N) is 1. The predicted octanol–water partition coefficient (Wildman–Crippen LogP) is 6.93. The van der Waals surface area contributed by atoms with Gasteiger partial charge in [-0.25, -0.2) is 4.79 Å². The fourth-order valence-electron chi connectivity index (χ4n) is 4.78. The van der Waals surface area contributed by atoms with Crippen LogP contribution in [0, 0.1) is 12.3 Å². The Morgan fingerprint density at radius 3 is 2.50 bits per heavy atom. The number of hydrogen-bond acceptors (Lipinski definition) is 2. The molecule has 2 unspecified atom stereocenters. The Labute approximate surface area is 190 Å². The molecule has 2 amide bonds. The van der Waals surface area contributed by atoms with E-state index in [9.17, 15) is 4.79 Å². The van der Waals surface area contributed by atoms with Crippen LogP contribution in [0.3, 0.4) is 0 Å². The number of rotatable bonds is 3. The number of benzene rings is 3. The summed E-state index contributed by atoms with van der Waals surface area (Å²) in [7, 11) is 0. The summed E-state index contributed by atoms with van der Waals surface area (Å²) in [5.41, 5.74) is 6.45. The molecular formula is C28H30N3O. The highest BCUT2D eigenvalue weighted by atomic mass is 16.2. The van der Waals surface area contributed by atoms with Gasteiger partial charge in [0.2, 0.25) is 0 Å². The normalized spacial score (nSPS) is 20.2. The maximum Gasteiger partial charge on any atom is 0.326 e. The van der Waals surface area contributed by atoms with E-state index >= 15 is 0 Å². The summed E-state index contributed by atoms with van der Waals surface area (Å²) in [6.07, 6.45) is 6.20. The van der Waals surface area contributed by atoms with Gasteiger partial charge >= 0.3 is 6.03 Å². The standard InChI is InChI=1S/C28H30N3O/c1-20-7-9-21(10-8-20)22-11-13-23(14-12-22)24-15-16-26-27(19-24)31(18-17-29-26)28(32)30-25-5-3-2-4-6-25/h2-7,11-16,19-21,29H,8-10,17-18H2,1H3,(H,30,32). The highest BCUT2D eigenvalue weighted by Gasteiger charge is 2.23. The van der Waals surface area contributed by atoms with E-state index in [1.807, 2.05) is 35.2 Å². The maximum absolute atomic E-state index is 13.0. The Bertz CT molecular complexity index is 1070. The van der Waals surface area contributed by atoms with Gasteiger partial charge in [0, 0.05) is 18.8 Å². The highest BCUT2D eigenvalue weighted by Crippen LogP contribution is 2.37. The lowest BCUT2D eigenvalue weighted by atomic mass is 9.79. The number of amides is 2. The van der Waals surface area contributed by atoms with E-state index in [0.29, 0.717) is 12.5 Å². The zero-order valence-electron chi connectivity index (χ0n) is 18.6. The van der Waals surface area contributed by atoms with Crippen molar-refractivity contribution in [2.45, 2.75) is 32.1 Å². The lowest BCUT2D eigenvalue weighted by molar-refractivity contribution is 0.257. The zero-order chi connectivity index (χ0) is 21.9. The lowest BCUT2D eigenvalue weighted by Crippen LogP contribution is -2.41. The average Bonchev–Trinajstić information content (AvgIpc) is 2.84. The second-order valence-corrected chi connectivity index (χ2v) is 8.95. The van der Waals surface area contributed by atoms with Crippen molar-refractivity contribution in [1.82, 2.24) is 0 Å². The molecule has 3 aromatic carbocycles. The summed E-state index contributed by atoms with van der Waals surface area (Å²) in [5, 5.41) is 6.44. The highest BCUT2D eigenvalue weighted by molar-refractivity contribution is 6.05. The summed E-state index contributed by atoms with van der Waals surface area (Å²) in [6.45, 7) is 3.68. The molecule has 1 fully saturated rings. The Morgan fingerprint density at radius 1 is 0.969 bits per heavy atom. The number of carbonyl (C=O) groups is 1. The maximum atomic E-state index is 13.0. The van der Waals surface area contributed by atoms with Crippen molar-refractivity contribution in [3.63, 3.8) is 0 Å². The molecule has 3 aromatic rings. The van der Waals surface area contributed by atoms with Crippen LogP contribution >= 0.6 is 0 Å². The average molecular weight is 425 g/mol. The van der Waals surface area contributed by atoms with Crippen LogP contribution < -0.4 is 15.5 Å². The molecule has 0 saturated heterocycles. The molecule has 0 bridgehead atoms. The van der Waals surface area contributed by atoms with Crippen LogP contribution in [0.2, 0.25) is 0 Å². The van der Waals surface area contributed by atoms with E-state index in [1.54, 1.807) is 0 Å². The van der Waals surface area contributed by atoms with Gasteiger partial charge in [-0.3, -0.25) is 4.90 Å². The Morgan fingerprint density at radius 2 is 1.75 bits per heavy atom. The van der Waals surface area contributed by atoms with Crippen molar-refractivity contribution >= 4 is 23.1 Å². The molecule has 4 nitrogen and oxygen atoms in total. The van der Waals surface area contributed by atoms with Gasteiger partial charge in [0.05, 0.1) is 11.4 Å². The van der Waals surface area contributed by atoms with Crippen LogP contribution in [-0.2, 0) is 0 Å². The monoisotopic (exact) mass is 424 g/mol. The van der Waals surface area contributed by atoms with Crippen LogP contribution in [0.5, 0.6) is 0 Å². The third kappa shape index (κ3) is 4.36. The third-order valence-corrected chi connectivity index (χ3v) is 6.72. The molecule has 1 saturated carbocycles. The number of fused-ring (bicyclic) bond motifs is 1. The van der Waals surface area contributed by atoms with Gasteiger partial charge in [-0.2, -0.15) is 0 Å². The van der Waals surface area contributed by atoms with Gasteiger partial charge < -0.3 is 10.6 Å². The summed E-state index contributed by atoms with van der Waals surface area (Å²) < 4.78 is 0. The Hall–Kier alpha value is -3.27. The first kappa shape index (κ1) is 20.6. The van der Waals surface area contributed by atoms with E-state index in [2.05, 4.69) is 66.4 Å². The molecule has 4 heteroatoms. The molecule has 2 atom stereocenters. The molecule has 2 aliphatic rings. The fourth-order valence-corrected chi connectivity index (χ4v) is 4.78. The minimum absolute atomic E-state index is 0.103. The number of hydrogen-bond donors (Lipinski definition) is 2. The van der Waals surface area contributed by atoms with E-state index in [4.69, 9.17) is 0 Å². The smallest absolute Gasteiger partial charge is 0.326 e. The molecule has 32 heavy (non-hydrogen) atoms. The van der Waals surface area contributed by atoms with Crippen molar-refractivity contribution in [3.8, 4) is 11.1 Å².